The average Bonchev–Trinajstić information content (AvgIpc) is 3.43. The van der Waals surface area contributed by atoms with Gasteiger partial charge >= 0.3 is 5.97 Å². The number of ether oxygens (including phenoxy) is 1. The van der Waals surface area contributed by atoms with Gasteiger partial charge in [0.15, 0.2) is 0 Å². The first-order valence-electron chi connectivity index (χ1n) is 11.2. The molecule has 178 valence electrons. The van der Waals surface area contributed by atoms with Crippen molar-refractivity contribution in [2.75, 3.05) is 7.11 Å². The summed E-state index contributed by atoms with van der Waals surface area (Å²) in [6, 6.07) is 24.5. The van der Waals surface area contributed by atoms with E-state index < -0.39 is 33.6 Å². The third-order valence-electron chi connectivity index (χ3n) is 6.44. The number of benzene rings is 3. The van der Waals surface area contributed by atoms with Crippen LogP contribution in [0.1, 0.15) is 36.6 Å². The molecule has 3 atom stereocenters. The van der Waals surface area contributed by atoms with E-state index in [4.69, 9.17) is 4.74 Å². The molecule has 1 aliphatic rings. The summed E-state index contributed by atoms with van der Waals surface area (Å²) >= 11 is 0. The van der Waals surface area contributed by atoms with Crippen molar-refractivity contribution < 1.29 is 17.9 Å². The Labute approximate surface area is 201 Å². The van der Waals surface area contributed by atoms with Gasteiger partial charge in [0.05, 0.1) is 24.1 Å². The number of rotatable bonds is 8. The lowest BCUT2D eigenvalue weighted by Crippen LogP contribution is -2.46. The zero-order valence-electron chi connectivity index (χ0n) is 19.8. The molecule has 3 aromatic carbocycles. The van der Waals surface area contributed by atoms with Gasteiger partial charge in [-0.2, -0.15) is 4.31 Å². The Morgan fingerprint density at radius 2 is 1.41 bits per heavy atom. The van der Waals surface area contributed by atoms with E-state index in [0.717, 1.165) is 16.7 Å². The van der Waals surface area contributed by atoms with Gasteiger partial charge in [-0.05, 0) is 44.0 Å². The average molecular weight is 479 g/mol. The predicted molar refractivity (Wildman–Crippen MR) is 132 cm³/mol. The van der Waals surface area contributed by atoms with Gasteiger partial charge in [0.2, 0.25) is 10.0 Å². The molecule has 34 heavy (non-hydrogen) atoms. The lowest BCUT2D eigenvalue weighted by atomic mass is 9.96. The van der Waals surface area contributed by atoms with Crippen molar-refractivity contribution >= 4 is 16.0 Å². The Morgan fingerprint density at radius 1 is 0.912 bits per heavy atom. The van der Waals surface area contributed by atoms with Gasteiger partial charge in [-0.1, -0.05) is 78.4 Å². The first kappa shape index (κ1) is 24.1. The largest absolute Gasteiger partial charge is 0.468 e. The molecule has 0 aromatic heterocycles. The summed E-state index contributed by atoms with van der Waals surface area (Å²) in [5.41, 5.74) is 2.14. The maximum atomic E-state index is 13.5. The van der Waals surface area contributed by atoms with E-state index in [1.54, 1.807) is 24.3 Å². The van der Waals surface area contributed by atoms with Gasteiger partial charge in [0.25, 0.3) is 0 Å². The second kappa shape index (κ2) is 9.33. The molecule has 1 fully saturated rings. The normalized spacial score (nSPS) is 20.0. The Bertz CT molecular complexity index is 1200. The van der Waals surface area contributed by atoms with Crippen LogP contribution in [0.3, 0.4) is 0 Å². The summed E-state index contributed by atoms with van der Waals surface area (Å²) in [7, 11) is -2.48. The highest BCUT2D eigenvalue weighted by Gasteiger charge is 2.67. The number of nitrogens with zero attached hydrogens (tertiary/aromatic N) is 1. The number of methoxy groups -OCH3 is 1. The number of sulfonamides is 1. The smallest absolute Gasteiger partial charge is 0.324 e. The van der Waals surface area contributed by atoms with Gasteiger partial charge in [-0.3, -0.25) is 10.1 Å². The Hall–Kier alpha value is -3.00. The van der Waals surface area contributed by atoms with E-state index in [2.05, 4.69) is 5.32 Å². The van der Waals surface area contributed by atoms with E-state index in [0.29, 0.717) is 0 Å². The van der Waals surface area contributed by atoms with Crippen LogP contribution in [0.5, 0.6) is 0 Å². The number of esters is 1. The minimum atomic E-state index is -3.81. The van der Waals surface area contributed by atoms with E-state index >= 15 is 0 Å². The second-order valence-corrected chi connectivity index (χ2v) is 10.9. The lowest BCUT2D eigenvalue weighted by molar-refractivity contribution is -0.143. The minimum absolute atomic E-state index is 0.208. The molecule has 0 aliphatic carbocycles. The molecule has 0 saturated carbocycles. The Kier molecular flexibility index (Phi) is 6.62. The summed E-state index contributed by atoms with van der Waals surface area (Å²) < 4.78 is 33.6. The molecule has 0 amide bonds. The van der Waals surface area contributed by atoms with Crippen LogP contribution in [-0.2, 0) is 19.6 Å². The molecule has 1 saturated heterocycles. The van der Waals surface area contributed by atoms with Crippen LogP contribution >= 0.6 is 0 Å². The summed E-state index contributed by atoms with van der Waals surface area (Å²) in [4.78, 5) is 13.2. The fraction of sp³-hybridized carbons (Fsp3) is 0.296. The molecular formula is C27H30N2O4S. The second-order valence-electron chi connectivity index (χ2n) is 9.13. The van der Waals surface area contributed by atoms with Gasteiger partial charge in [0.1, 0.15) is 6.04 Å². The molecule has 0 spiro atoms. The minimum Gasteiger partial charge on any atom is -0.468 e. The number of hydrogen-bond acceptors (Lipinski definition) is 5. The predicted octanol–water partition coefficient (Wildman–Crippen LogP) is 4.07. The fourth-order valence-electron chi connectivity index (χ4n) is 4.58. The number of carbonyl (C=O) groups is 1. The van der Waals surface area contributed by atoms with Crippen molar-refractivity contribution in [1.82, 2.24) is 9.62 Å². The molecule has 6 nitrogen and oxygen atoms in total. The number of carbonyl (C=O) groups excluding carboxylic acids is 1. The number of hydrogen-bond donors (Lipinski definition) is 1. The molecule has 1 aliphatic heterocycles. The van der Waals surface area contributed by atoms with Crippen molar-refractivity contribution in [3.8, 4) is 0 Å². The zero-order chi connectivity index (χ0) is 24.5. The van der Waals surface area contributed by atoms with Crippen molar-refractivity contribution in [2.45, 2.75) is 49.3 Å². The van der Waals surface area contributed by atoms with E-state index in [1.165, 1.54) is 11.4 Å². The molecule has 1 N–H and O–H groups in total. The van der Waals surface area contributed by atoms with Crippen molar-refractivity contribution in [2.24, 2.45) is 0 Å². The molecule has 1 unspecified atom stereocenters. The third kappa shape index (κ3) is 4.51. The highest BCUT2D eigenvalue weighted by atomic mass is 32.2. The van der Waals surface area contributed by atoms with Crippen LogP contribution < -0.4 is 5.32 Å². The standard InChI is InChI=1S/C27H30N2O4S/c1-19-15-17-22(18-16-19)34(31,32)29-25(27(29,2)3)24(26(30)33-4)28-23(20-11-7-5-8-12-20)21-13-9-6-10-14-21/h5-18,23-25,28H,1-4H3/t24-,25+,29?/m1/s1. The first-order chi connectivity index (χ1) is 16.2. The van der Waals surface area contributed by atoms with Crippen LogP contribution in [0.2, 0.25) is 0 Å². The van der Waals surface area contributed by atoms with Crippen LogP contribution in [0.15, 0.2) is 89.8 Å². The van der Waals surface area contributed by atoms with Crippen LogP contribution in [-0.4, -0.2) is 43.4 Å². The number of nitrogens with one attached hydrogen (secondary N) is 1. The molecule has 7 heteroatoms. The summed E-state index contributed by atoms with van der Waals surface area (Å²) in [6.45, 7) is 5.58. The van der Waals surface area contributed by atoms with Crippen LogP contribution in [0.25, 0.3) is 0 Å². The van der Waals surface area contributed by atoms with E-state index in [1.807, 2.05) is 81.4 Å². The molecule has 3 aromatic rings. The molecule has 4 rings (SSSR count). The van der Waals surface area contributed by atoms with E-state index in [-0.39, 0.29) is 10.9 Å². The monoisotopic (exact) mass is 478 g/mol. The van der Waals surface area contributed by atoms with Gasteiger partial charge in [-0.25, -0.2) is 8.42 Å². The van der Waals surface area contributed by atoms with Gasteiger partial charge in [0, 0.05) is 5.54 Å². The zero-order valence-corrected chi connectivity index (χ0v) is 20.6. The number of aryl methyl sites for hydroxylation is 1. The summed E-state index contributed by atoms with van der Waals surface area (Å²) in [6.07, 6.45) is 0. The fourth-order valence-corrected chi connectivity index (χ4v) is 6.64. The van der Waals surface area contributed by atoms with Crippen LogP contribution in [0, 0.1) is 6.92 Å². The van der Waals surface area contributed by atoms with Gasteiger partial charge in [-0.15, -0.1) is 0 Å². The Morgan fingerprint density at radius 3 is 1.88 bits per heavy atom. The summed E-state index contributed by atoms with van der Waals surface area (Å²) in [5.74, 6) is -0.503. The van der Waals surface area contributed by atoms with Crippen molar-refractivity contribution in [1.29, 1.82) is 0 Å². The van der Waals surface area contributed by atoms with Crippen molar-refractivity contribution in [3.05, 3.63) is 102 Å². The van der Waals surface area contributed by atoms with Crippen LogP contribution in [0.4, 0.5) is 0 Å². The maximum Gasteiger partial charge on any atom is 0.324 e. The Balaban J connectivity index is 1.71. The first-order valence-corrected chi connectivity index (χ1v) is 12.7. The molecular weight excluding hydrogens is 448 g/mol. The highest BCUT2D eigenvalue weighted by molar-refractivity contribution is 7.89. The maximum absolute atomic E-state index is 13.5. The van der Waals surface area contributed by atoms with Gasteiger partial charge < -0.3 is 4.74 Å². The summed E-state index contributed by atoms with van der Waals surface area (Å²) in [5, 5.41) is 3.44. The lowest BCUT2D eigenvalue weighted by Gasteiger charge is -2.25. The molecule has 0 radical (unpaired) electrons. The SMILES string of the molecule is COC(=O)[C@H](NC(c1ccccc1)c1ccccc1)[C@@H]1N(S(=O)(=O)c2ccc(C)cc2)C1(C)C. The quantitative estimate of drug-likeness (QED) is 0.390. The molecule has 1 heterocycles. The topological polar surface area (TPSA) is 75.5 Å². The third-order valence-corrected chi connectivity index (χ3v) is 8.52. The molecule has 0 bridgehead atoms. The van der Waals surface area contributed by atoms with Crippen molar-refractivity contribution in [3.63, 3.8) is 0 Å². The highest BCUT2D eigenvalue weighted by Crippen LogP contribution is 2.48. The van der Waals surface area contributed by atoms with E-state index in [9.17, 15) is 13.2 Å².